The predicted octanol–water partition coefficient (Wildman–Crippen LogP) is 2.66. The first-order valence-electron chi connectivity index (χ1n) is 8.18. The average molecular weight is 317 g/mol. The quantitative estimate of drug-likeness (QED) is 0.349. The van der Waals surface area contributed by atoms with Gasteiger partial charge in [0.15, 0.2) is 5.96 Å². The molecule has 0 aromatic rings. The zero-order valence-electron chi connectivity index (χ0n) is 14.9. The van der Waals surface area contributed by atoms with Gasteiger partial charge < -0.3 is 15.5 Å². The highest BCUT2D eigenvalue weighted by Gasteiger charge is 2.13. The third-order valence-corrected chi connectivity index (χ3v) is 4.04. The summed E-state index contributed by atoms with van der Waals surface area (Å²) in [5.41, 5.74) is 0. The number of hydrogen-bond donors (Lipinski definition) is 2. The predicted molar refractivity (Wildman–Crippen MR) is 98.5 cm³/mol. The lowest BCUT2D eigenvalue weighted by molar-refractivity contribution is 0.261. The molecule has 126 valence electrons. The summed E-state index contributed by atoms with van der Waals surface area (Å²) < 4.78 is 0. The smallest absolute Gasteiger partial charge is 0.191 e. The van der Waals surface area contributed by atoms with Gasteiger partial charge in [0.05, 0.1) is 6.54 Å². The lowest BCUT2D eigenvalue weighted by Gasteiger charge is -2.24. The van der Waals surface area contributed by atoms with E-state index in [2.05, 4.69) is 56.7 Å². The first-order chi connectivity index (χ1) is 10.0. The van der Waals surface area contributed by atoms with Gasteiger partial charge in [-0.05, 0) is 58.2 Å². The van der Waals surface area contributed by atoms with Crippen molar-refractivity contribution in [3.05, 3.63) is 0 Å². The molecule has 0 spiro atoms. The van der Waals surface area contributed by atoms with Gasteiger partial charge in [-0.25, -0.2) is 0 Å². The molecule has 2 N–H and O–H groups in total. The molecule has 0 aliphatic heterocycles. The first kappa shape index (κ1) is 20.6. The Morgan fingerprint density at radius 1 is 1.19 bits per heavy atom. The maximum atomic E-state index is 4.75. The van der Waals surface area contributed by atoms with Crippen molar-refractivity contribution in [3.63, 3.8) is 0 Å². The van der Waals surface area contributed by atoms with E-state index in [1.54, 1.807) is 0 Å². The molecule has 0 rings (SSSR count). The van der Waals surface area contributed by atoms with E-state index in [9.17, 15) is 0 Å². The molecule has 4 nitrogen and oxygen atoms in total. The van der Waals surface area contributed by atoms with Gasteiger partial charge >= 0.3 is 0 Å². The second-order valence-corrected chi connectivity index (χ2v) is 7.08. The second kappa shape index (κ2) is 13.3. The molecule has 0 fully saturated rings. The molecule has 0 saturated heterocycles. The lowest BCUT2D eigenvalue weighted by atomic mass is 10.0. The Labute approximate surface area is 136 Å². The van der Waals surface area contributed by atoms with Crippen molar-refractivity contribution >= 4 is 17.7 Å². The minimum absolute atomic E-state index is 0.511. The highest BCUT2D eigenvalue weighted by molar-refractivity contribution is 7.98. The summed E-state index contributed by atoms with van der Waals surface area (Å²) in [6.07, 6.45) is 5.81. The molecule has 5 heteroatoms. The van der Waals surface area contributed by atoms with E-state index in [1.165, 1.54) is 25.0 Å². The Kier molecular flexibility index (Phi) is 13.0. The van der Waals surface area contributed by atoms with Gasteiger partial charge in [-0.15, -0.1) is 0 Å². The summed E-state index contributed by atoms with van der Waals surface area (Å²) in [5, 5.41) is 6.77. The second-order valence-electron chi connectivity index (χ2n) is 6.09. The molecular weight excluding hydrogens is 280 g/mol. The maximum absolute atomic E-state index is 4.75. The van der Waals surface area contributed by atoms with Crippen LogP contribution >= 0.6 is 11.8 Å². The van der Waals surface area contributed by atoms with Crippen molar-refractivity contribution in [2.45, 2.75) is 46.1 Å². The van der Waals surface area contributed by atoms with Crippen LogP contribution in [0.2, 0.25) is 0 Å². The summed E-state index contributed by atoms with van der Waals surface area (Å²) in [5.74, 6) is 2.90. The van der Waals surface area contributed by atoms with E-state index in [0.29, 0.717) is 12.0 Å². The van der Waals surface area contributed by atoms with E-state index >= 15 is 0 Å². The van der Waals surface area contributed by atoms with Crippen LogP contribution in [0.25, 0.3) is 0 Å². The number of guanidine groups is 1. The first-order valence-corrected chi connectivity index (χ1v) is 9.58. The fraction of sp³-hybridized carbons (Fsp3) is 0.938. The zero-order valence-corrected chi connectivity index (χ0v) is 15.7. The molecule has 0 amide bonds. The monoisotopic (exact) mass is 316 g/mol. The van der Waals surface area contributed by atoms with E-state index in [0.717, 1.165) is 25.6 Å². The molecule has 0 aliphatic rings. The van der Waals surface area contributed by atoms with Gasteiger partial charge in [0, 0.05) is 19.1 Å². The van der Waals surface area contributed by atoms with Gasteiger partial charge in [-0.1, -0.05) is 13.8 Å². The molecular formula is C16H36N4S. The molecule has 0 heterocycles. The zero-order chi connectivity index (χ0) is 16.1. The highest BCUT2D eigenvalue weighted by Crippen LogP contribution is 2.09. The number of unbranched alkanes of at least 4 members (excludes halogenated alkanes) is 1. The highest BCUT2D eigenvalue weighted by atomic mass is 32.2. The summed E-state index contributed by atoms with van der Waals surface area (Å²) in [4.78, 5) is 7.04. The SMILES string of the molecule is CCNC(=NCC(CC(C)C)N(C)C)NCCCCSC. The van der Waals surface area contributed by atoms with E-state index in [1.807, 2.05) is 11.8 Å². The van der Waals surface area contributed by atoms with Crippen molar-refractivity contribution < 1.29 is 0 Å². The maximum Gasteiger partial charge on any atom is 0.191 e. The van der Waals surface area contributed by atoms with E-state index in [-0.39, 0.29) is 0 Å². The number of aliphatic imine (C=N–C) groups is 1. The molecule has 21 heavy (non-hydrogen) atoms. The third kappa shape index (κ3) is 11.9. The lowest BCUT2D eigenvalue weighted by Crippen LogP contribution is -2.40. The number of hydrogen-bond acceptors (Lipinski definition) is 3. The minimum Gasteiger partial charge on any atom is -0.357 e. The van der Waals surface area contributed by atoms with Crippen LogP contribution in [0.15, 0.2) is 4.99 Å². The number of thioether (sulfide) groups is 1. The molecule has 1 atom stereocenters. The van der Waals surface area contributed by atoms with Crippen molar-refractivity contribution in [1.29, 1.82) is 0 Å². The molecule has 0 radical (unpaired) electrons. The van der Waals surface area contributed by atoms with Crippen molar-refractivity contribution in [1.82, 2.24) is 15.5 Å². The van der Waals surface area contributed by atoms with Gasteiger partial charge in [0.1, 0.15) is 0 Å². The molecule has 0 saturated carbocycles. The average Bonchev–Trinajstić information content (AvgIpc) is 2.42. The van der Waals surface area contributed by atoms with Crippen LogP contribution in [0.5, 0.6) is 0 Å². The Bertz CT molecular complexity index is 267. The van der Waals surface area contributed by atoms with Gasteiger partial charge in [-0.3, -0.25) is 4.99 Å². The van der Waals surface area contributed by atoms with Crippen LogP contribution in [-0.4, -0.2) is 62.6 Å². The Morgan fingerprint density at radius 2 is 1.90 bits per heavy atom. The number of nitrogens with one attached hydrogen (secondary N) is 2. The minimum atomic E-state index is 0.511. The molecule has 0 aliphatic carbocycles. The van der Waals surface area contributed by atoms with Crippen LogP contribution in [0.4, 0.5) is 0 Å². The van der Waals surface area contributed by atoms with Crippen molar-refractivity contribution in [2.24, 2.45) is 10.9 Å². The summed E-state index contributed by atoms with van der Waals surface area (Å²) in [6, 6.07) is 0.511. The Morgan fingerprint density at radius 3 is 2.43 bits per heavy atom. The normalized spacial score (nSPS) is 13.8. The number of likely N-dealkylation sites (N-methyl/N-ethyl adjacent to an activating group) is 1. The molecule has 0 aromatic heterocycles. The molecule has 1 unspecified atom stereocenters. The fourth-order valence-corrected chi connectivity index (χ4v) is 2.60. The van der Waals surface area contributed by atoms with Gasteiger partial charge in [0.25, 0.3) is 0 Å². The van der Waals surface area contributed by atoms with Crippen LogP contribution in [0.3, 0.4) is 0 Å². The fourth-order valence-electron chi connectivity index (χ4n) is 2.11. The number of rotatable bonds is 11. The van der Waals surface area contributed by atoms with Gasteiger partial charge in [-0.2, -0.15) is 11.8 Å². The molecule has 0 aromatic carbocycles. The summed E-state index contributed by atoms with van der Waals surface area (Å²) >= 11 is 1.91. The Hall–Kier alpha value is -0.420. The van der Waals surface area contributed by atoms with Crippen LogP contribution in [0, 0.1) is 5.92 Å². The van der Waals surface area contributed by atoms with Crippen molar-refractivity contribution in [3.8, 4) is 0 Å². The van der Waals surface area contributed by atoms with E-state index in [4.69, 9.17) is 4.99 Å². The largest absolute Gasteiger partial charge is 0.357 e. The standard InChI is InChI=1S/C16H36N4S/c1-7-17-16(18-10-8-9-11-21-6)19-13-15(20(4)5)12-14(2)3/h14-15H,7-13H2,1-6H3,(H2,17,18,19). The summed E-state index contributed by atoms with van der Waals surface area (Å²) in [7, 11) is 4.29. The van der Waals surface area contributed by atoms with Crippen LogP contribution in [-0.2, 0) is 0 Å². The van der Waals surface area contributed by atoms with Crippen LogP contribution < -0.4 is 10.6 Å². The topological polar surface area (TPSA) is 39.7 Å². The van der Waals surface area contributed by atoms with Gasteiger partial charge in [0.2, 0.25) is 0 Å². The van der Waals surface area contributed by atoms with Crippen LogP contribution in [0.1, 0.15) is 40.0 Å². The summed E-state index contributed by atoms with van der Waals surface area (Å²) in [6.45, 7) is 9.43. The number of nitrogens with zero attached hydrogens (tertiary/aromatic N) is 2. The third-order valence-electron chi connectivity index (χ3n) is 3.35. The Balaban J connectivity index is 4.27. The molecule has 0 bridgehead atoms. The van der Waals surface area contributed by atoms with E-state index < -0.39 is 0 Å². The van der Waals surface area contributed by atoms with Crippen molar-refractivity contribution in [2.75, 3.05) is 45.7 Å².